The normalized spacial score (nSPS) is 15.2. The first-order chi connectivity index (χ1) is 10.7. The lowest BCUT2D eigenvalue weighted by Gasteiger charge is -2.29. The van der Waals surface area contributed by atoms with Crippen molar-refractivity contribution >= 4 is 29.9 Å². The van der Waals surface area contributed by atoms with E-state index in [0.29, 0.717) is 0 Å². The van der Waals surface area contributed by atoms with E-state index in [1.807, 2.05) is 0 Å². The fourth-order valence-electron chi connectivity index (χ4n) is 2.51. The molecule has 3 N–H and O–H groups in total. The average molecular weight is 441 g/mol. The van der Waals surface area contributed by atoms with E-state index >= 15 is 0 Å². The van der Waals surface area contributed by atoms with E-state index in [1.54, 1.807) is 0 Å². The number of nitrogens with zero attached hydrogens (tertiary/aromatic N) is 1. The first-order valence-electron chi connectivity index (χ1n) is 8.90. The molecule has 1 aliphatic carbocycles. The molecule has 0 atom stereocenters. The number of aliphatic hydroxyl groups excluding tert-OH is 1. The van der Waals surface area contributed by atoms with Crippen LogP contribution in [0.15, 0.2) is 4.99 Å². The van der Waals surface area contributed by atoms with Crippen molar-refractivity contribution in [3.05, 3.63) is 0 Å². The van der Waals surface area contributed by atoms with Gasteiger partial charge in [-0.3, -0.25) is 4.99 Å². The Hall–Kier alpha value is -0.0800. The summed E-state index contributed by atoms with van der Waals surface area (Å²) in [6, 6.07) is 0. The molecule has 23 heavy (non-hydrogen) atoms. The predicted molar refractivity (Wildman–Crippen MR) is 108 cm³/mol. The predicted octanol–water partition coefficient (Wildman–Crippen LogP) is 2.77. The van der Waals surface area contributed by atoms with Gasteiger partial charge >= 0.3 is 0 Å². The van der Waals surface area contributed by atoms with Crippen molar-refractivity contribution in [3.63, 3.8) is 0 Å². The van der Waals surface area contributed by atoms with Gasteiger partial charge in [0.2, 0.25) is 0 Å². The third-order valence-electron chi connectivity index (χ3n) is 4.65. The first-order valence-corrected chi connectivity index (χ1v) is 8.90. The largest absolute Gasteiger partial charge is 0.396 e. The molecule has 0 amide bonds. The van der Waals surface area contributed by atoms with Crippen LogP contribution >= 0.6 is 24.0 Å². The van der Waals surface area contributed by atoms with Crippen molar-refractivity contribution in [2.24, 2.45) is 16.3 Å². The summed E-state index contributed by atoms with van der Waals surface area (Å²) in [4.78, 5) is 4.72. The maximum absolute atomic E-state index is 9.29. The van der Waals surface area contributed by atoms with E-state index in [-0.39, 0.29) is 36.0 Å². The molecule has 138 valence electrons. The molecular formula is C17H36IN3O2. The molecule has 0 spiro atoms. The molecule has 0 aromatic carbocycles. The molecule has 0 aromatic rings. The second-order valence-corrected chi connectivity index (χ2v) is 6.32. The summed E-state index contributed by atoms with van der Waals surface area (Å²) in [5.74, 6) is 1.66. The van der Waals surface area contributed by atoms with Crippen molar-refractivity contribution < 1.29 is 9.84 Å². The lowest BCUT2D eigenvalue weighted by Crippen LogP contribution is -2.40. The van der Waals surface area contributed by atoms with Gasteiger partial charge in [0.05, 0.1) is 6.61 Å². The average Bonchev–Trinajstić information content (AvgIpc) is 3.35. The van der Waals surface area contributed by atoms with Gasteiger partial charge in [-0.05, 0) is 50.4 Å². The number of aliphatic hydroxyl groups is 1. The maximum Gasteiger partial charge on any atom is 0.191 e. The molecule has 1 saturated carbocycles. The summed E-state index contributed by atoms with van der Waals surface area (Å²) in [6.45, 7) is 10.7. The van der Waals surface area contributed by atoms with Gasteiger partial charge in [-0.2, -0.15) is 0 Å². The zero-order chi connectivity index (χ0) is 16.3. The van der Waals surface area contributed by atoms with Gasteiger partial charge in [0, 0.05) is 32.8 Å². The minimum Gasteiger partial charge on any atom is -0.396 e. The topological polar surface area (TPSA) is 65.9 Å². The molecule has 1 aliphatic rings. The van der Waals surface area contributed by atoms with Crippen molar-refractivity contribution in [3.8, 4) is 0 Å². The first kappa shape index (κ1) is 22.9. The van der Waals surface area contributed by atoms with Crippen LogP contribution in [0.4, 0.5) is 0 Å². The van der Waals surface area contributed by atoms with Crippen molar-refractivity contribution in [1.82, 2.24) is 10.6 Å². The summed E-state index contributed by atoms with van der Waals surface area (Å²) in [6.07, 6.45) is 5.55. The number of halogens is 1. The molecule has 0 unspecified atom stereocenters. The second kappa shape index (κ2) is 13.2. The molecule has 1 rings (SSSR count). The monoisotopic (exact) mass is 441 g/mol. The Morgan fingerprint density at radius 1 is 1.22 bits per heavy atom. The number of ether oxygens (including phenoxy) is 1. The summed E-state index contributed by atoms with van der Waals surface area (Å²) in [5, 5.41) is 15.9. The molecular weight excluding hydrogens is 405 g/mol. The number of nitrogens with one attached hydrogen (secondary N) is 2. The van der Waals surface area contributed by atoms with E-state index < -0.39 is 0 Å². The lowest BCUT2D eigenvalue weighted by molar-refractivity contribution is 0.129. The molecule has 5 nitrogen and oxygen atoms in total. The summed E-state index contributed by atoms with van der Waals surface area (Å²) in [5.41, 5.74) is 0.111. The number of rotatable bonds is 12. The fourth-order valence-corrected chi connectivity index (χ4v) is 2.51. The molecule has 0 radical (unpaired) electrons. The van der Waals surface area contributed by atoms with E-state index in [1.165, 1.54) is 12.8 Å². The van der Waals surface area contributed by atoms with E-state index in [9.17, 15) is 5.11 Å². The summed E-state index contributed by atoms with van der Waals surface area (Å²) in [7, 11) is 0. The van der Waals surface area contributed by atoms with Crippen LogP contribution in [0, 0.1) is 11.3 Å². The molecule has 0 aliphatic heterocycles. The fraction of sp³-hybridized carbons (Fsp3) is 0.941. The van der Waals surface area contributed by atoms with Gasteiger partial charge in [0.25, 0.3) is 0 Å². The zero-order valence-corrected chi connectivity index (χ0v) is 17.4. The van der Waals surface area contributed by atoms with Crippen LogP contribution in [0.25, 0.3) is 0 Å². The third-order valence-corrected chi connectivity index (χ3v) is 4.65. The Kier molecular flexibility index (Phi) is 13.2. The smallest absolute Gasteiger partial charge is 0.191 e. The summed E-state index contributed by atoms with van der Waals surface area (Å²) >= 11 is 0. The Labute approximate surface area is 159 Å². The number of guanidine groups is 1. The Balaban J connectivity index is 0.00000484. The van der Waals surface area contributed by atoms with Crippen LogP contribution in [0.3, 0.4) is 0 Å². The third kappa shape index (κ3) is 9.72. The summed E-state index contributed by atoms with van der Waals surface area (Å²) < 4.78 is 5.63. The Bertz CT molecular complexity index is 319. The molecule has 1 fully saturated rings. The van der Waals surface area contributed by atoms with E-state index in [4.69, 9.17) is 9.73 Å². The molecule has 0 aromatic heterocycles. The standard InChI is InChI=1S/C17H35N3O2.HI/c1-4-17(5-2,9-11-21)14-20-16(18-6-3)19-10-12-22-13-15-7-8-15;/h15,21H,4-14H2,1-3H3,(H2,18,19,20);1H. The number of hydrogen-bond donors (Lipinski definition) is 3. The Morgan fingerprint density at radius 2 is 1.91 bits per heavy atom. The second-order valence-electron chi connectivity index (χ2n) is 6.32. The highest BCUT2D eigenvalue weighted by atomic mass is 127. The minimum atomic E-state index is 0. The van der Waals surface area contributed by atoms with Crippen LogP contribution in [0.1, 0.15) is 52.9 Å². The van der Waals surface area contributed by atoms with Crippen LogP contribution < -0.4 is 10.6 Å². The Morgan fingerprint density at radius 3 is 2.43 bits per heavy atom. The number of hydrogen-bond acceptors (Lipinski definition) is 3. The van der Waals surface area contributed by atoms with Gasteiger partial charge in [0.15, 0.2) is 5.96 Å². The van der Waals surface area contributed by atoms with Crippen molar-refractivity contribution in [2.75, 3.05) is 39.5 Å². The van der Waals surface area contributed by atoms with Crippen LogP contribution in [0.5, 0.6) is 0 Å². The van der Waals surface area contributed by atoms with Gasteiger partial charge in [-0.15, -0.1) is 24.0 Å². The zero-order valence-electron chi connectivity index (χ0n) is 15.1. The van der Waals surface area contributed by atoms with Crippen LogP contribution in [-0.4, -0.2) is 50.5 Å². The van der Waals surface area contributed by atoms with Crippen LogP contribution in [0.2, 0.25) is 0 Å². The molecule has 0 saturated heterocycles. The van der Waals surface area contributed by atoms with Gasteiger partial charge < -0.3 is 20.5 Å². The quantitative estimate of drug-likeness (QED) is 0.189. The molecule has 6 heteroatoms. The van der Waals surface area contributed by atoms with Crippen molar-refractivity contribution in [2.45, 2.75) is 52.9 Å². The minimum absolute atomic E-state index is 0. The lowest BCUT2D eigenvalue weighted by atomic mass is 9.79. The van der Waals surface area contributed by atoms with Crippen LogP contribution in [-0.2, 0) is 4.74 Å². The van der Waals surface area contributed by atoms with E-state index in [2.05, 4.69) is 31.4 Å². The van der Waals surface area contributed by atoms with Gasteiger partial charge in [0.1, 0.15) is 0 Å². The molecule has 0 bridgehead atoms. The van der Waals surface area contributed by atoms with E-state index in [0.717, 1.165) is 64.0 Å². The highest BCUT2D eigenvalue weighted by molar-refractivity contribution is 14.0. The van der Waals surface area contributed by atoms with Gasteiger partial charge in [-0.1, -0.05) is 13.8 Å². The van der Waals surface area contributed by atoms with Gasteiger partial charge in [-0.25, -0.2) is 0 Å². The SMILES string of the molecule is CCNC(=NCC(CC)(CC)CCO)NCCOCC1CC1.I. The number of aliphatic imine (C=N–C) groups is 1. The maximum atomic E-state index is 9.29. The molecule has 0 heterocycles. The highest BCUT2D eigenvalue weighted by Crippen LogP contribution is 2.30. The highest BCUT2D eigenvalue weighted by Gasteiger charge is 2.25. The van der Waals surface area contributed by atoms with Crippen molar-refractivity contribution in [1.29, 1.82) is 0 Å².